The summed E-state index contributed by atoms with van der Waals surface area (Å²) in [6.07, 6.45) is 3.72. The van der Waals surface area contributed by atoms with Crippen molar-refractivity contribution >= 4 is 46.1 Å². The van der Waals surface area contributed by atoms with Gasteiger partial charge in [0, 0.05) is 37.0 Å². The zero-order valence-corrected chi connectivity index (χ0v) is 23.6. The molecule has 2 aliphatic heterocycles. The molecule has 8 heteroatoms. The second-order valence-electron chi connectivity index (χ2n) is 10.3. The Bertz CT molecular complexity index is 1440. The van der Waals surface area contributed by atoms with Crippen LogP contribution >= 0.6 is 0 Å². The van der Waals surface area contributed by atoms with Crippen LogP contribution in [-0.2, 0) is 14.3 Å². The Balaban J connectivity index is 1.43. The van der Waals surface area contributed by atoms with Gasteiger partial charge in [0.15, 0.2) is 0 Å². The number of hydrogen-bond acceptors (Lipinski definition) is 6. The van der Waals surface area contributed by atoms with Gasteiger partial charge in [-0.2, -0.15) is 0 Å². The number of benzene rings is 3. The Hall–Kier alpha value is -4.43. The van der Waals surface area contributed by atoms with Crippen LogP contribution in [0.4, 0.5) is 17.1 Å². The molecule has 212 valence electrons. The van der Waals surface area contributed by atoms with Crippen molar-refractivity contribution in [2.45, 2.75) is 33.1 Å². The van der Waals surface area contributed by atoms with Gasteiger partial charge in [-0.25, -0.2) is 4.79 Å². The average Bonchev–Trinajstić information content (AvgIpc) is 3.32. The number of carbonyl (C=O) groups excluding carboxylic acids is 3. The van der Waals surface area contributed by atoms with Crippen molar-refractivity contribution in [1.82, 2.24) is 4.90 Å². The summed E-state index contributed by atoms with van der Waals surface area (Å²) in [5.41, 5.74) is 5.24. The Morgan fingerprint density at radius 2 is 1.68 bits per heavy atom. The van der Waals surface area contributed by atoms with Crippen LogP contribution in [0, 0.1) is 0 Å². The van der Waals surface area contributed by atoms with Crippen LogP contribution in [0.3, 0.4) is 0 Å². The molecule has 2 N–H and O–H groups in total. The van der Waals surface area contributed by atoms with Crippen LogP contribution in [0.2, 0.25) is 0 Å². The number of likely N-dealkylation sites (tertiary alicyclic amines) is 1. The number of rotatable bonds is 9. The highest BCUT2D eigenvalue weighted by atomic mass is 16.5. The average molecular weight is 553 g/mol. The molecular formula is C33H36N4O4. The number of amides is 2. The van der Waals surface area contributed by atoms with Crippen molar-refractivity contribution in [1.29, 1.82) is 0 Å². The van der Waals surface area contributed by atoms with Crippen molar-refractivity contribution in [3.05, 3.63) is 89.5 Å². The maximum absolute atomic E-state index is 13.3. The fourth-order valence-corrected chi connectivity index (χ4v) is 5.41. The minimum Gasteiger partial charge on any atom is -0.462 e. The quantitative estimate of drug-likeness (QED) is 0.264. The third-order valence-corrected chi connectivity index (χ3v) is 7.50. The minimum atomic E-state index is -0.431. The van der Waals surface area contributed by atoms with Gasteiger partial charge in [-0.05, 0) is 74.8 Å². The van der Waals surface area contributed by atoms with Gasteiger partial charge in [0.2, 0.25) is 5.91 Å². The highest BCUT2D eigenvalue weighted by molar-refractivity contribution is 6.37. The summed E-state index contributed by atoms with van der Waals surface area (Å²) < 4.78 is 5.12. The molecule has 0 radical (unpaired) electrons. The lowest BCUT2D eigenvalue weighted by Crippen LogP contribution is -2.39. The number of fused-ring (bicyclic) bond motifs is 1. The lowest BCUT2D eigenvalue weighted by molar-refractivity contribution is -0.116. The van der Waals surface area contributed by atoms with Gasteiger partial charge in [-0.1, -0.05) is 42.8 Å². The number of ether oxygens (including phenoxy) is 1. The summed E-state index contributed by atoms with van der Waals surface area (Å²) in [4.78, 5) is 42.3. The molecule has 2 amide bonds. The molecule has 0 bridgehead atoms. The van der Waals surface area contributed by atoms with E-state index in [-0.39, 0.29) is 18.4 Å². The van der Waals surface area contributed by atoms with Gasteiger partial charge in [0.25, 0.3) is 5.91 Å². The maximum atomic E-state index is 13.3. The van der Waals surface area contributed by atoms with Crippen molar-refractivity contribution in [3.63, 3.8) is 0 Å². The Labute approximate surface area is 241 Å². The third-order valence-electron chi connectivity index (χ3n) is 7.50. The van der Waals surface area contributed by atoms with E-state index in [4.69, 9.17) is 4.74 Å². The minimum absolute atomic E-state index is 0.0104. The van der Waals surface area contributed by atoms with Crippen molar-refractivity contribution in [3.8, 4) is 0 Å². The van der Waals surface area contributed by atoms with Crippen LogP contribution in [0.15, 0.2) is 72.8 Å². The first-order chi connectivity index (χ1) is 19.9. The first-order valence-electron chi connectivity index (χ1n) is 14.2. The monoisotopic (exact) mass is 552 g/mol. The van der Waals surface area contributed by atoms with E-state index in [1.807, 2.05) is 59.5 Å². The second-order valence-corrected chi connectivity index (χ2v) is 10.3. The lowest BCUT2D eigenvalue weighted by Gasteiger charge is -2.29. The first kappa shape index (κ1) is 28.1. The molecule has 0 atom stereocenters. The van der Waals surface area contributed by atoms with E-state index < -0.39 is 5.97 Å². The van der Waals surface area contributed by atoms with Gasteiger partial charge < -0.3 is 25.2 Å². The molecule has 3 aromatic rings. The van der Waals surface area contributed by atoms with E-state index in [1.165, 1.54) is 19.3 Å². The molecule has 3 aromatic carbocycles. The number of nitrogens with one attached hydrogen (secondary N) is 2. The highest BCUT2D eigenvalue weighted by Gasteiger charge is 2.29. The molecule has 0 aromatic heterocycles. The predicted octanol–water partition coefficient (Wildman–Crippen LogP) is 5.63. The zero-order valence-electron chi connectivity index (χ0n) is 23.6. The van der Waals surface area contributed by atoms with Gasteiger partial charge in [-0.15, -0.1) is 0 Å². The smallest absolute Gasteiger partial charge is 0.338 e. The van der Waals surface area contributed by atoms with E-state index >= 15 is 0 Å². The van der Waals surface area contributed by atoms with E-state index in [9.17, 15) is 14.4 Å². The molecule has 2 aliphatic rings. The van der Waals surface area contributed by atoms with Crippen LogP contribution < -0.4 is 15.5 Å². The Kier molecular flexibility index (Phi) is 8.79. The summed E-state index contributed by atoms with van der Waals surface area (Å²) in [7, 11) is 0. The molecule has 0 saturated carbocycles. The molecule has 0 aliphatic carbocycles. The Morgan fingerprint density at radius 1 is 0.951 bits per heavy atom. The van der Waals surface area contributed by atoms with Crippen LogP contribution in [0.5, 0.6) is 0 Å². The van der Waals surface area contributed by atoms with Gasteiger partial charge in [0.05, 0.1) is 29.1 Å². The van der Waals surface area contributed by atoms with Crippen LogP contribution in [-0.4, -0.2) is 55.5 Å². The van der Waals surface area contributed by atoms with Gasteiger partial charge in [0.1, 0.15) is 0 Å². The molecule has 8 nitrogen and oxygen atoms in total. The van der Waals surface area contributed by atoms with Crippen molar-refractivity contribution in [2.24, 2.45) is 0 Å². The molecule has 0 spiro atoms. The number of piperidine rings is 1. The summed E-state index contributed by atoms with van der Waals surface area (Å²) in [6.45, 7) is 7.31. The predicted molar refractivity (Wildman–Crippen MR) is 163 cm³/mol. The summed E-state index contributed by atoms with van der Waals surface area (Å²) >= 11 is 0. The summed E-state index contributed by atoms with van der Waals surface area (Å²) in [5, 5.41) is 6.37. The van der Waals surface area contributed by atoms with Crippen LogP contribution in [0.1, 0.15) is 54.6 Å². The number of hydrogen-bond donors (Lipinski definition) is 2. The molecule has 0 unspecified atom stereocenters. The molecule has 1 fully saturated rings. The molecule has 41 heavy (non-hydrogen) atoms. The highest BCUT2D eigenvalue weighted by Crippen LogP contribution is 2.38. The maximum Gasteiger partial charge on any atom is 0.338 e. The second kappa shape index (κ2) is 12.8. The Morgan fingerprint density at radius 3 is 2.37 bits per heavy atom. The van der Waals surface area contributed by atoms with E-state index in [0.29, 0.717) is 34.6 Å². The fourth-order valence-electron chi connectivity index (χ4n) is 5.41. The number of anilines is 3. The summed E-state index contributed by atoms with van der Waals surface area (Å²) in [6, 6.07) is 22.5. The van der Waals surface area contributed by atoms with E-state index in [2.05, 4.69) is 15.5 Å². The van der Waals surface area contributed by atoms with E-state index in [0.717, 1.165) is 36.6 Å². The lowest BCUT2D eigenvalue weighted by atomic mass is 9.99. The van der Waals surface area contributed by atoms with Gasteiger partial charge >= 0.3 is 5.97 Å². The normalized spacial score (nSPS) is 16.0. The third kappa shape index (κ3) is 6.49. The van der Waals surface area contributed by atoms with E-state index in [1.54, 1.807) is 32.0 Å². The van der Waals surface area contributed by atoms with Crippen molar-refractivity contribution in [2.75, 3.05) is 48.3 Å². The number of carbonyl (C=O) groups is 3. The fraction of sp³-hybridized carbons (Fsp3) is 0.303. The molecule has 5 rings (SSSR count). The molecular weight excluding hydrogens is 516 g/mol. The topological polar surface area (TPSA) is 91.0 Å². The number of nitrogens with zero attached hydrogens (tertiary/aromatic N) is 2. The number of esters is 1. The molecule has 1 saturated heterocycles. The van der Waals surface area contributed by atoms with Gasteiger partial charge in [-0.3, -0.25) is 9.59 Å². The summed E-state index contributed by atoms with van der Waals surface area (Å²) in [5.74, 6) is -0.681. The van der Waals surface area contributed by atoms with Crippen LogP contribution in [0.25, 0.3) is 11.3 Å². The zero-order chi connectivity index (χ0) is 28.8. The standard InChI is InChI=1S/C33H36N4O4/c1-3-41-33(40)25-12-17-28-29(22-25)35-32(39)30(28)31(24-10-6-4-7-11-24)34-26-13-15-27(16-14-26)37(23(2)38)21-20-36-18-8-5-9-19-36/h4,6-7,10-17,22,34H,3,5,8-9,18-21H2,1-2H3,(H,35,39)/b31-30-. The SMILES string of the molecule is CCOC(=O)c1ccc2c(c1)NC(=O)/C2=C(\Nc1ccc(N(CCN2CCCCC2)C(C)=O)cc1)c1ccccc1. The largest absolute Gasteiger partial charge is 0.462 e. The van der Waals surface area contributed by atoms with Crippen molar-refractivity contribution < 1.29 is 19.1 Å². The first-order valence-corrected chi connectivity index (χ1v) is 14.2. The molecule has 2 heterocycles.